The Bertz CT molecular complexity index is 392. The maximum Gasteiger partial charge on any atom is 0.0905 e. The normalized spacial score (nSPS) is 19.3. The predicted octanol–water partition coefficient (Wildman–Crippen LogP) is 1.93. The molecule has 0 bridgehead atoms. The van der Waals surface area contributed by atoms with Gasteiger partial charge in [-0.1, -0.05) is 37.3 Å². The molecule has 4 heteroatoms. The van der Waals surface area contributed by atoms with E-state index in [2.05, 4.69) is 5.32 Å². The van der Waals surface area contributed by atoms with E-state index in [1.54, 1.807) is 0 Å². The summed E-state index contributed by atoms with van der Waals surface area (Å²) in [6.45, 7) is 5.76. The minimum absolute atomic E-state index is 0.0264. The zero-order valence-electron chi connectivity index (χ0n) is 12.9. The molecule has 1 aliphatic rings. The molecule has 0 spiro atoms. The number of hydrogen-bond donors (Lipinski definition) is 2. The van der Waals surface area contributed by atoms with Crippen molar-refractivity contribution in [3.63, 3.8) is 0 Å². The van der Waals surface area contributed by atoms with Crippen molar-refractivity contribution in [3.8, 4) is 0 Å². The summed E-state index contributed by atoms with van der Waals surface area (Å²) in [5.74, 6) is 0.576. The fourth-order valence-electron chi connectivity index (χ4n) is 2.84. The quantitative estimate of drug-likeness (QED) is 0.769. The fraction of sp³-hybridized carbons (Fsp3) is 0.647. The van der Waals surface area contributed by atoms with Crippen LogP contribution >= 0.6 is 0 Å². The molecule has 1 heterocycles. The van der Waals surface area contributed by atoms with E-state index in [0.29, 0.717) is 12.5 Å². The summed E-state index contributed by atoms with van der Waals surface area (Å²) < 4.78 is 11.3. The van der Waals surface area contributed by atoms with Crippen molar-refractivity contribution in [2.75, 3.05) is 39.6 Å². The minimum atomic E-state index is -0.513. The Kier molecular flexibility index (Phi) is 6.64. The second-order valence-corrected chi connectivity index (χ2v) is 5.71. The molecule has 1 unspecified atom stereocenters. The number of nitrogens with one attached hydrogen (secondary N) is 1. The summed E-state index contributed by atoms with van der Waals surface area (Å²) in [6.07, 6.45) is 2.14. The summed E-state index contributed by atoms with van der Waals surface area (Å²) in [6, 6.07) is 10.1. The van der Waals surface area contributed by atoms with Crippen LogP contribution in [-0.4, -0.2) is 44.7 Å². The third-order valence-electron chi connectivity index (χ3n) is 4.15. The lowest BCUT2D eigenvalue weighted by molar-refractivity contribution is -0.0107. The SMILES string of the molecule is CCNC(CO)(COCC1CCOCC1)c1ccccc1. The lowest BCUT2D eigenvalue weighted by Gasteiger charge is -2.34. The predicted molar refractivity (Wildman–Crippen MR) is 83.2 cm³/mol. The Morgan fingerprint density at radius 2 is 2.00 bits per heavy atom. The van der Waals surface area contributed by atoms with Gasteiger partial charge in [0.1, 0.15) is 0 Å². The van der Waals surface area contributed by atoms with Crippen molar-refractivity contribution in [3.05, 3.63) is 35.9 Å². The number of likely N-dealkylation sites (N-methyl/N-ethyl adjacent to an activating group) is 1. The van der Waals surface area contributed by atoms with E-state index in [0.717, 1.165) is 44.8 Å². The lowest BCUT2D eigenvalue weighted by atomic mass is 9.91. The van der Waals surface area contributed by atoms with Gasteiger partial charge in [0.2, 0.25) is 0 Å². The van der Waals surface area contributed by atoms with Crippen LogP contribution in [0.15, 0.2) is 30.3 Å². The zero-order valence-corrected chi connectivity index (χ0v) is 12.9. The summed E-state index contributed by atoms with van der Waals surface area (Å²) in [4.78, 5) is 0. The Balaban J connectivity index is 1.95. The van der Waals surface area contributed by atoms with Crippen molar-refractivity contribution < 1.29 is 14.6 Å². The molecule has 1 saturated heterocycles. The van der Waals surface area contributed by atoms with E-state index in [1.165, 1.54) is 0 Å². The van der Waals surface area contributed by atoms with E-state index in [1.807, 2.05) is 37.3 Å². The number of aliphatic hydroxyl groups excluding tert-OH is 1. The monoisotopic (exact) mass is 293 g/mol. The second-order valence-electron chi connectivity index (χ2n) is 5.71. The van der Waals surface area contributed by atoms with Crippen molar-refractivity contribution in [2.24, 2.45) is 5.92 Å². The highest BCUT2D eigenvalue weighted by Crippen LogP contribution is 2.22. The van der Waals surface area contributed by atoms with Gasteiger partial charge in [-0.3, -0.25) is 0 Å². The number of rotatable bonds is 8. The van der Waals surface area contributed by atoms with Gasteiger partial charge in [0.05, 0.1) is 18.8 Å². The van der Waals surface area contributed by atoms with Gasteiger partial charge in [-0.15, -0.1) is 0 Å². The number of hydrogen-bond acceptors (Lipinski definition) is 4. The summed E-state index contributed by atoms with van der Waals surface area (Å²) in [5, 5.41) is 13.3. The molecular weight excluding hydrogens is 266 g/mol. The molecule has 21 heavy (non-hydrogen) atoms. The zero-order chi connectivity index (χ0) is 15.0. The minimum Gasteiger partial charge on any atom is -0.394 e. The van der Waals surface area contributed by atoms with Crippen molar-refractivity contribution >= 4 is 0 Å². The van der Waals surface area contributed by atoms with E-state index in [9.17, 15) is 5.11 Å². The molecule has 1 fully saturated rings. The standard InChI is InChI=1S/C17H27NO3/c1-2-18-17(13-19,16-6-4-3-5-7-16)14-21-12-15-8-10-20-11-9-15/h3-7,15,18-19H,2,8-14H2,1H3. The van der Waals surface area contributed by atoms with Gasteiger partial charge in [-0.2, -0.15) is 0 Å². The second kappa shape index (κ2) is 8.49. The molecule has 4 nitrogen and oxygen atoms in total. The van der Waals surface area contributed by atoms with Crippen LogP contribution in [0, 0.1) is 5.92 Å². The lowest BCUT2D eigenvalue weighted by Crippen LogP contribution is -2.49. The van der Waals surface area contributed by atoms with Crippen molar-refractivity contribution in [1.29, 1.82) is 0 Å². The Labute approximate surface area is 127 Å². The summed E-state index contributed by atoms with van der Waals surface area (Å²) in [5.41, 5.74) is 0.558. The largest absolute Gasteiger partial charge is 0.394 e. The number of ether oxygens (including phenoxy) is 2. The first-order valence-electron chi connectivity index (χ1n) is 7.87. The molecule has 1 aromatic carbocycles. The van der Waals surface area contributed by atoms with Crippen molar-refractivity contribution in [2.45, 2.75) is 25.3 Å². The molecular formula is C17H27NO3. The topological polar surface area (TPSA) is 50.7 Å². The van der Waals surface area contributed by atoms with E-state index >= 15 is 0 Å². The van der Waals surface area contributed by atoms with Crippen LogP contribution in [-0.2, 0) is 15.0 Å². The van der Waals surface area contributed by atoms with E-state index in [4.69, 9.17) is 9.47 Å². The first-order valence-corrected chi connectivity index (χ1v) is 7.87. The van der Waals surface area contributed by atoms with Gasteiger partial charge in [-0.25, -0.2) is 0 Å². The molecule has 0 saturated carbocycles. The summed E-state index contributed by atoms with van der Waals surface area (Å²) in [7, 11) is 0. The average Bonchev–Trinajstić information content (AvgIpc) is 2.56. The molecule has 2 rings (SSSR count). The highest BCUT2D eigenvalue weighted by molar-refractivity contribution is 5.25. The molecule has 0 radical (unpaired) electrons. The highest BCUT2D eigenvalue weighted by Gasteiger charge is 2.31. The molecule has 1 atom stereocenters. The highest BCUT2D eigenvalue weighted by atomic mass is 16.5. The van der Waals surface area contributed by atoms with Crippen molar-refractivity contribution in [1.82, 2.24) is 5.32 Å². The molecule has 1 aromatic rings. The van der Waals surface area contributed by atoms with Crippen LogP contribution in [0.5, 0.6) is 0 Å². The third kappa shape index (κ3) is 4.51. The molecule has 0 aromatic heterocycles. The molecule has 1 aliphatic heterocycles. The first kappa shape index (κ1) is 16.4. The van der Waals surface area contributed by atoms with Crippen LogP contribution in [0.25, 0.3) is 0 Å². The smallest absolute Gasteiger partial charge is 0.0905 e. The Morgan fingerprint density at radius 3 is 2.62 bits per heavy atom. The number of aliphatic hydroxyl groups is 1. The third-order valence-corrected chi connectivity index (χ3v) is 4.15. The van der Waals surface area contributed by atoms with Gasteiger partial charge in [0.25, 0.3) is 0 Å². The van der Waals surface area contributed by atoms with E-state index < -0.39 is 5.54 Å². The molecule has 2 N–H and O–H groups in total. The van der Waals surface area contributed by atoms with Gasteiger partial charge >= 0.3 is 0 Å². The van der Waals surface area contributed by atoms with Gasteiger partial charge in [-0.05, 0) is 30.9 Å². The fourth-order valence-corrected chi connectivity index (χ4v) is 2.84. The Hall–Kier alpha value is -0.940. The van der Waals surface area contributed by atoms with Gasteiger partial charge < -0.3 is 19.9 Å². The van der Waals surface area contributed by atoms with Gasteiger partial charge in [0.15, 0.2) is 0 Å². The molecule has 118 valence electrons. The van der Waals surface area contributed by atoms with E-state index in [-0.39, 0.29) is 6.61 Å². The van der Waals surface area contributed by atoms with Crippen LogP contribution < -0.4 is 5.32 Å². The summed E-state index contributed by atoms with van der Waals surface area (Å²) >= 11 is 0. The van der Waals surface area contributed by atoms with Crippen LogP contribution in [0.4, 0.5) is 0 Å². The molecule has 0 amide bonds. The number of benzene rings is 1. The maximum atomic E-state index is 9.94. The van der Waals surface area contributed by atoms with Crippen LogP contribution in [0.3, 0.4) is 0 Å². The van der Waals surface area contributed by atoms with Gasteiger partial charge in [0, 0.05) is 19.8 Å². The van der Waals surface area contributed by atoms with Crippen LogP contribution in [0.1, 0.15) is 25.3 Å². The van der Waals surface area contributed by atoms with Crippen LogP contribution in [0.2, 0.25) is 0 Å². The Morgan fingerprint density at radius 1 is 1.29 bits per heavy atom. The maximum absolute atomic E-state index is 9.94. The first-order chi connectivity index (χ1) is 10.3. The molecule has 0 aliphatic carbocycles. The average molecular weight is 293 g/mol.